The summed E-state index contributed by atoms with van der Waals surface area (Å²) < 4.78 is 0. The molecular weight excluding hydrogens is 271 g/mol. The highest BCUT2D eigenvalue weighted by atomic mass is 35.5. The average Bonchev–Trinajstić information content (AvgIpc) is 2.25. The number of halogens is 2. The van der Waals surface area contributed by atoms with E-state index in [1.807, 2.05) is 13.8 Å². The van der Waals surface area contributed by atoms with Gasteiger partial charge >= 0.3 is 0 Å². The number of carbonyl (C=O) groups excluding carboxylic acids is 1. The summed E-state index contributed by atoms with van der Waals surface area (Å²) in [7, 11) is 0. The van der Waals surface area contributed by atoms with Gasteiger partial charge in [-0.2, -0.15) is 0 Å². The van der Waals surface area contributed by atoms with Crippen molar-refractivity contribution in [2.24, 2.45) is 5.73 Å². The molecule has 0 aromatic heterocycles. The first-order chi connectivity index (χ1) is 8.27. The van der Waals surface area contributed by atoms with E-state index in [2.05, 4.69) is 5.32 Å². The van der Waals surface area contributed by atoms with Gasteiger partial charge in [-0.3, -0.25) is 4.79 Å². The second kappa shape index (κ2) is 5.91. The summed E-state index contributed by atoms with van der Waals surface area (Å²) in [5.74, 6) is -0.258. The SMILES string of the molecule is CCCC(C)(N)C(=O)Nc1cc(Cl)c(C)cc1Cl. The molecule has 18 heavy (non-hydrogen) atoms. The van der Waals surface area contributed by atoms with Gasteiger partial charge in [0.05, 0.1) is 16.2 Å². The zero-order valence-corrected chi connectivity index (χ0v) is 12.3. The number of benzene rings is 1. The van der Waals surface area contributed by atoms with Crippen molar-refractivity contribution in [3.63, 3.8) is 0 Å². The lowest BCUT2D eigenvalue weighted by Crippen LogP contribution is -2.48. The van der Waals surface area contributed by atoms with E-state index in [4.69, 9.17) is 28.9 Å². The summed E-state index contributed by atoms with van der Waals surface area (Å²) >= 11 is 12.1. The number of carbonyl (C=O) groups is 1. The van der Waals surface area contributed by atoms with Crippen LogP contribution in [0.2, 0.25) is 10.0 Å². The Labute approximate surface area is 118 Å². The molecule has 1 rings (SSSR count). The van der Waals surface area contributed by atoms with Crippen LogP contribution >= 0.6 is 23.2 Å². The van der Waals surface area contributed by atoms with E-state index in [-0.39, 0.29) is 5.91 Å². The van der Waals surface area contributed by atoms with E-state index in [0.717, 1.165) is 12.0 Å². The van der Waals surface area contributed by atoms with E-state index >= 15 is 0 Å². The van der Waals surface area contributed by atoms with Crippen LogP contribution in [0.15, 0.2) is 12.1 Å². The number of hydrogen-bond donors (Lipinski definition) is 2. The Morgan fingerprint density at radius 3 is 2.56 bits per heavy atom. The van der Waals surface area contributed by atoms with Crippen molar-refractivity contribution in [3.05, 3.63) is 27.7 Å². The number of rotatable bonds is 4. The fourth-order valence-electron chi connectivity index (χ4n) is 1.64. The molecule has 0 saturated heterocycles. The van der Waals surface area contributed by atoms with Gasteiger partial charge in [-0.25, -0.2) is 0 Å². The summed E-state index contributed by atoms with van der Waals surface area (Å²) in [5.41, 5.74) is 6.40. The first-order valence-electron chi connectivity index (χ1n) is 5.84. The van der Waals surface area contributed by atoms with E-state index in [1.165, 1.54) is 0 Å². The van der Waals surface area contributed by atoms with Crippen molar-refractivity contribution in [2.75, 3.05) is 5.32 Å². The summed E-state index contributed by atoms with van der Waals surface area (Å²) in [6.07, 6.45) is 1.44. The van der Waals surface area contributed by atoms with Crippen molar-refractivity contribution in [3.8, 4) is 0 Å². The molecule has 0 aliphatic carbocycles. The molecule has 5 heteroatoms. The molecule has 0 spiro atoms. The molecule has 0 saturated carbocycles. The lowest BCUT2D eigenvalue weighted by Gasteiger charge is -2.23. The van der Waals surface area contributed by atoms with Crippen LogP contribution in [0.25, 0.3) is 0 Å². The molecular formula is C13H18Cl2N2O. The van der Waals surface area contributed by atoms with Crippen LogP contribution < -0.4 is 11.1 Å². The molecule has 3 N–H and O–H groups in total. The van der Waals surface area contributed by atoms with Crippen LogP contribution in [0.5, 0.6) is 0 Å². The molecule has 0 radical (unpaired) electrons. The van der Waals surface area contributed by atoms with Gasteiger partial charge in [0.2, 0.25) is 5.91 Å². The molecule has 3 nitrogen and oxygen atoms in total. The van der Waals surface area contributed by atoms with E-state index < -0.39 is 5.54 Å². The number of nitrogens with two attached hydrogens (primary N) is 1. The first kappa shape index (κ1) is 15.3. The fourth-order valence-corrected chi connectivity index (χ4v) is 2.07. The predicted octanol–water partition coefficient (Wildman–Crippen LogP) is 3.76. The molecule has 0 fully saturated rings. The first-order valence-corrected chi connectivity index (χ1v) is 6.59. The van der Waals surface area contributed by atoms with Gasteiger partial charge in [0.1, 0.15) is 0 Å². The van der Waals surface area contributed by atoms with Crippen molar-refractivity contribution in [1.82, 2.24) is 0 Å². The minimum Gasteiger partial charge on any atom is -0.323 e. The van der Waals surface area contributed by atoms with Crippen molar-refractivity contribution < 1.29 is 4.79 Å². The maximum absolute atomic E-state index is 12.0. The van der Waals surface area contributed by atoms with Gasteiger partial charge in [-0.1, -0.05) is 36.5 Å². The highest BCUT2D eigenvalue weighted by Gasteiger charge is 2.27. The van der Waals surface area contributed by atoms with E-state index in [0.29, 0.717) is 22.2 Å². The summed E-state index contributed by atoms with van der Waals surface area (Å²) in [4.78, 5) is 12.0. The third-order valence-corrected chi connectivity index (χ3v) is 3.50. The highest BCUT2D eigenvalue weighted by Crippen LogP contribution is 2.29. The van der Waals surface area contributed by atoms with Crippen molar-refractivity contribution >= 4 is 34.8 Å². The summed E-state index contributed by atoms with van der Waals surface area (Å²) in [6, 6.07) is 3.35. The number of nitrogens with one attached hydrogen (secondary N) is 1. The van der Waals surface area contributed by atoms with Gasteiger partial charge in [0.25, 0.3) is 0 Å². The standard InChI is InChI=1S/C13H18Cl2N2O/c1-4-5-13(3,16)12(18)17-11-7-9(14)8(2)6-10(11)15/h6-7H,4-5,16H2,1-3H3,(H,17,18). The molecule has 1 aromatic rings. The quantitative estimate of drug-likeness (QED) is 0.886. The molecule has 1 unspecified atom stereocenters. The van der Waals surface area contributed by atoms with Gasteiger partial charge < -0.3 is 11.1 Å². The minimum atomic E-state index is -0.907. The van der Waals surface area contributed by atoms with Gasteiger partial charge in [0.15, 0.2) is 0 Å². The normalized spacial score (nSPS) is 14.1. The number of anilines is 1. The Morgan fingerprint density at radius 2 is 2.00 bits per heavy atom. The molecule has 100 valence electrons. The van der Waals surface area contributed by atoms with Crippen LogP contribution in [0.4, 0.5) is 5.69 Å². The Morgan fingerprint density at radius 1 is 1.39 bits per heavy atom. The number of aryl methyl sites for hydroxylation is 1. The zero-order valence-electron chi connectivity index (χ0n) is 10.8. The topological polar surface area (TPSA) is 55.1 Å². The lowest BCUT2D eigenvalue weighted by molar-refractivity contribution is -0.120. The van der Waals surface area contributed by atoms with Gasteiger partial charge in [-0.05, 0) is 38.0 Å². The van der Waals surface area contributed by atoms with Crippen LogP contribution in [0.1, 0.15) is 32.3 Å². The molecule has 1 aromatic carbocycles. The molecule has 1 atom stereocenters. The van der Waals surface area contributed by atoms with Crippen molar-refractivity contribution in [2.45, 2.75) is 39.2 Å². The Bertz CT molecular complexity index is 459. The lowest BCUT2D eigenvalue weighted by atomic mass is 9.96. The Hall–Kier alpha value is -0.770. The summed E-state index contributed by atoms with van der Waals surface area (Å²) in [6.45, 7) is 5.54. The van der Waals surface area contributed by atoms with Gasteiger partial charge in [0, 0.05) is 5.02 Å². The second-order valence-corrected chi connectivity index (χ2v) is 5.52. The Balaban J connectivity index is 2.92. The zero-order chi connectivity index (χ0) is 13.9. The molecule has 0 aliphatic rings. The van der Waals surface area contributed by atoms with Crippen LogP contribution in [-0.4, -0.2) is 11.4 Å². The van der Waals surface area contributed by atoms with E-state index in [9.17, 15) is 4.79 Å². The fraction of sp³-hybridized carbons (Fsp3) is 0.462. The highest BCUT2D eigenvalue weighted by molar-refractivity contribution is 6.36. The maximum atomic E-state index is 12.0. The molecule has 0 aliphatic heterocycles. The Kier molecular flexibility index (Phi) is 5.02. The molecule has 0 heterocycles. The van der Waals surface area contributed by atoms with E-state index in [1.54, 1.807) is 19.1 Å². The smallest absolute Gasteiger partial charge is 0.244 e. The van der Waals surface area contributed by atoms with Gasteiger partial charge in [-0.15, -0.1) is 0 Å². The van der Waals surface area contributed by atoms with Crippen LogP contribution in [0.3, 0.4) is 0 Å². The monoisotopic (exact) mass is 288 g/mol. The largest absolute Gasteiger partial charge is 0.323 e. The average molecular weight is 289 g/mol. The van der Waals surface area contributed by atoms with Crippen molar-refractivity contribution in [1.29, 1.82) is 0 Å². The minimum absolute atomic E-state index is 0.258. The third kappa shape index (κ3) is 3.61. The second-order valence-electron chi connectivity index (χ2n) is 4.70. The predicted molar refractivity (Wildman–Crippen MR) is 77.3 cm³/mol. The molecule has 0 bridgehead atoms. The number of hydrogen-bond acceptors (Lipinski definition) is 2. The summed E-state index contributed by atoms with van der Waals surface area (Å²) in [5, 5.41) is 3.74. The van der Waals surface area contributed by atoms with Crippen LogP contribution in [-0.2, 0) is 4.79 Å². The molecule has 1 amide bonds. The number of amides is 1. The van der Waals surface area contributed by atoms with Crippen LogP contribution in [0, 0.1) is 6.92 Å². The maximum Gasteiger partial charge on any atom is 0.244 e. The third-order valence-electron chi connectivity index (χ3n) is 2.78.